The minimum absolute atomic E-state index is 0.454. The maximum Gasteiger partial charge on any atom is 0.131 e. The second-order valence-electron chi connectivity index (χ2n) is 1.93. The van der Waals surface area contributed by atoms with Gasteiger partial charge in [0.05, 0.1) is 9.26 Å². The Morgan fingerprint density at radius 1 is 1.70 bits per heavy atom. The van der Waals surface area contributed by atoms with Crippen molar-refractivity contribution in [1.29, 1.82) is 0 Å². The molecule has 0 saturated carbocycles. The summed E-state index contributed by atoms with van der Waals surface area (Å²) in [6.45, 7) is 1.88. The average Bonchev–Trinajstić information content (AvgIpc) is 1.82. The Hall–Kier alpha value is -0.0300. The van der Waals surface area contributed by atoms with E-state index in [4.69, 9.17) is 17.3 Å². The van der Waals surface area contributed by atoms with Crippen LogP contribution < -0.4 is 5.73 Å². The molecule has 54 valence electrons. The van der Waals surface area contributed by atoms with E-state index in [1.807, 2.05) is 6.92 Å². The molecule has 0 saturated heterocycles. The van der Waals surface area contributed by atoms with Crippen LogP contribution in [-0.2, 0) is 0 Å². The molecule has 10 heavy (non-hydrogen) atoms. The number of nitrogens with zero attached hydrogens (tertiary/aromatic N) is 1. The summed E-state index contributed by atoms with van der Waals surface area (Å²) in [7, 11) is 0. The fourth-order valence-corrected chi connectivity index (χ4v) is 1.16. The van der Waals surface area contributed by atoms with Crippen LogP contribution in [0.5, 0.6) is 0 Å². The first-order chi connectivity index (χ1) is 4.61. The van der Waals surface area contributed by atoms with Crippen LogP contribution in [-0.4, -0.2) is 4.98 Å². The minimum Gasteiger partial charge on any atom is -0.398 e. The van der Waals surface area contributed by atoms with Crippen LogP contribution in [0, 0.1) is 10.5 Å². The molecule has 0 atom stereocenters. The molecular weight excluding hydrogens is 262 g/mol. The van der Waals surface area contributed by atoms with E-state index >= 15 is 0 Å². The van der Waals surface area contributed by atoms with E-state index in [1.54, 1.807) is 6.07 Å². The summed E-state index contributed by atoms with van der Waals surface area (Å²) in [4.78, 5) is 4.01. The third-order valence-corrected chi connectivity index (χ3v) is 2.72. The number of pyridine rings is 1. The minimum atomic E-state index is 0.454. The van der Waals surface area contributed by atoms with Crippen molar-refractivity contribution in [2.45, 2.75) is 6.92 Å². The van der Waals surface area contributed by atoms with Crippen molar-refractivity contribution in [2.75, 3.05) is 5.73 Å². The van der Waals surface area contributed by atoms with Crippen LogP contribution >= 0.6 is 34.2 Å². The molecule has 4 heteroatoms. The fraction of sp³-hybridized carbons (Fsp3) is 0.167. The highest BCUT2D eigenvalue weighted by Gasteiger charge is 2.01. The van der Waals surface area contributed by atoms with E-state index in [-0.39, 0.29) is 0 Å². The monoisotopic (exact) mass is 268 g/mol. The number of aryl methyl sites for hydroxylation is 1. The summed E-state index contributed by atoms with van der Waals surface area (Å²) in [5, 5.41) is 0.454. The molecule has 0 aliphatic rings. The average molecular weight is 268 g/mol. The lowest BCUT2D eigenvalue weighted by Crippen LogP contribution is -1.94. The maximum atomic E-state index is 5.63. The SMILES string of the molecule is Cc1nc(Cl)cc(N)c1I. The molecule has 0 spiro atoms. The zero-order valence-corrected chi connectivity index (χ0v) is 8.27. The number of hydrogen-bond donors (Lipinski definition) is 1. The van der Waals surface area contributed by atoms with E-state index in [0.29, 0.717) is 10.8 Å². The zero-order chi connectivity index (χ0) is 7.72. The highest BCUT2D eigenvalue weighted by molar-refractivity contribution is 14.1. The summed E-state index contributed by atoms with van der Waals surface area (Å²) in [5.74, 6) is 0. The molecule has 2 N–H and O–H groups in total. The molecule has 1 heterocycles. The topological polar surface area (TPSA) is 38.9 Å². The van der Waals surface area contributed by atoms with Gasteiger partial charge in [0.1, 0.15) is 5.15 Å². The molecule has 0 aliphatic carbocycles. The molecule has 1 aromatic heterocycles. The van der Waals surface area contributed by atoms with Crippen molar-refractivity contribution >= 4 is 39.9 Å². The van der Waals surface area contributed by atoms with Crippen molar-refractivity contribution in [1.82, 2.24) is 4.98 Å². The van der Waals surface area contributed by atoms with Crippen LogP contribution in [0.2, 0.25) is 5.15 Å². The molecule has 0 amide bonds. The Balaban J connectivity index is 3.31. The van der Waals surface area contributed by atoms with Gasteiger partial charge in [-0.05, 0) is 35.6 Å². The predicted octanol–water partition coefficient (Wildman–Crippen LogP) is 2.23. The van der Waals surface area contributed by atoms with Crippen LogP contribution in [0.15, 0.2) is 6.07 Å². The second kappa shape index (κ2) is 2.92. The number of rotatable bonds is 0. The first kappa shape index (κ1) is 8.07. The standard InChI is InChI=1S/C6H6ClIN2/c1-3-6(8)4(9)2-5(7)10-3/h2H,1H3,(H2,9,10). The van der Waals surface area contributed by atoms with Crippen molar-refractivity contribution in [3.63, 3.8) is 0 Å². The second-order valence-corrected chi connectivity index (χ2v) is 3.40. The van der Waals surface area contributed by atoms with Crippen molar-refractivity contribution < 1.29 is 0 Å². The molecule has 0 aliphatic heterocycles. The maximum absolute atomic E-state index is 5.63. The van der Waals surface area contributed by atoms with Crippen molar-refractivity contribution in [3.05, 3.63) is 20.5 Å². The third kappa shape index (κ3) is 1.52. The third-order valence-electron chi connectivity index (χ3n) is 1.12. The fourth-order valence-electron chi connectivity index (χ4n) is 0.642. The Morgan fingerprint density at radius 3 is 2.80 bits per heavy atom. The zero-order valence-electron chi connectivity index (χ0n) is 5.36. The van der Waals surface area contributed by atoms with Gasteiger partial charge in [0.15, 0.2) is 0 Å². The lowest BCUT2D eigenvalue weighted by Gasteiger charge is -2.00. The molecule has 1 rings (SSSR count). The van der Waals surface area contributed by atoms with Gasteiger partial charge in [0, 0.05) is 5.69 Å². The molecule has 0 radical (unpaired) electrons. The van der Waals surface area contributed by atoms with Crippen molar-refractivity contribution in [2.24, 2.45) is 0 Å². The number of nitrogen functional groups attached to an aromatic ring is 1. The van der Waals surface area contributed by atoms with Gasteiger partial charge in [0.25, 0.3) is 0 Å². The van der Waals surface area contributed by atoms with E-state index < -0.39 is 0 Å². The molecule has 2 nitrogen and oxygen atoms in total. The predicted molar refractivity (Wildman–Crippen MR) is 51.1 cm³/mol. The van der Waals surface area contributed by atoms with Crippen LogP contribution in [0.3, 0.4) is 0 Å². The first-order valence-corrected chi connectivity index (χ1v) is 4.15. The molecule has 0 aromatic carbocycles. The van der Waals surface area contributed by atoms with Gasteiger partial charge < -0.3 is 5.73 Å². The van der Waals surface area contributed by atoms with Gasteiger partial charge in [-0.3, -0.25) is 0 Å². The summed E-state index contributed by atoms with van der Waals surface area (Å²) in [6, 6.07) is 1.65. The lowest BCUT2D eigenvalue weighted by molar-refractivity contribution is 1.18. The van der Waals surface area contributed by atoms with E-state index in [9.17, 15) is 0 Å². The summed E-state index contributed by atoms with van der Waals surface area (Å²) in [5.41, 5.74) is 7.16. The normalized spacial score (nSPS) is 9.90. The first-order valence-electron chi connectivity index (χ1n) is 2.69. The highest BCUT2D eigenvalue weighted by Crippen LogP contribution is 2.20. The Morgan fingerprint density at radius 2 is 2.30 bits per heavy atom. The van der Waals surface area contributed by atoms with Gasteiger partial charge in [-0.15, -0.1) is 0 Å². The molecule has 0 fully saturated rings. The largest absolute Gasteiger partial charge is 0.398 e. The number of aromatic nitrogens is 1. The lowest BCUT2D eigenvalue weighted by atomic mass is 10.3. The highest BCUT2D eigenvalue weighted by atomic mass is 127. The smallest absolute Gasteiger partial charge is 0.131 e. The Bertz CT molecular complexity index is 239. The number of nitrogens with two attached hydrogens (primary N) is 1. The van der Waals surface area contributed by atoms with Crippen molar-refractivity contribution in [3.8, 4) is 0 Å². The van der Waals surface area contributed by atoms with E-state index in [1.165, 1.54) is 0 Å². The number of halogens is 2. The van der Waals surface area contributed by atoms with E-state index in [2.05, 4.69) is 27.6 Å². The van der Waals surface area contributed by atoms with Gasteiger partial charge >= 0.3 is 0 Å². The van der Waals surface area contributed by atoms with Gasteiger partial charge in [0.2, 0.25) is 0 Å². The summed E-state index contributed by atoms with van der Waals surface area (Å²) < 4.78 is 0.974. The molecule has 1 aromatic rings. The van der Waals surface area contributed by atoms with Gasteiger partial charge in [-0.25, -0.2) is 4.98 Å². The molecule has 0 unspecified atom stereocenters. The van der Waals surface area contributed by atoms with Gasteiger partial charge in [-0.2, -0.15) is 0 Å². The van der Waals surface area contributed by atoms with E-state index in [0.717, 1.165) is 9.26 Å². The number of hydrogen-bond acceptors (Lipinski definition) is 2. The molecule has 0 bridgehead atoms. The Kier molecular flexibility index (Phi) is 2.36. The summed E-state index contributed by atoms with van der Waals surface area (Å²) >= 11 is 7.77. The van der Waals surface area contributed by atoms with Crippen LogP contribution in [0.25, 0.3) is 0 Å². The van der Waals surface area contributed by atoms with Gasteiger partial charge in [-0.1, -0.05) is 11.6 Å². The summed E-state index contributed by atoms with van der Waals surface area (Å²) in [6.07, 6.45) is 0. The molecular formula is C6H6ClIN2. The van der Waals surface area contributed by atoms with Crippen LogP contribution in [0.4, 0.5) is 5.69 Å². The van der Waals surface area contributed by atoms with Crippen LogP contribution in [0.1, 0.15) is 5.69 Å². The quantitative estimate of drug-likeness (QED) is 0.579. The number of anilines is 1. The Labute approximate surface area is 77.9 Å².